The summed E-state index contributed by atoms with van der Waals surface area (Å²) in [5.41, 5.74) is 1.58. The highest BCUT2D eigenvalue weighted by Gasteiger charge is 2.47. The zero-order valence-electron chi connectivity index (χ0n) is 22.3. The van der Waals surface area contributed by atoms with Crippen molar-refractivity contribution in [1.29, 1.82) is 0 Å². The van der Waals surface area contributed by atoms with E-state index in [0.717, 1.165) is 0 Å². The maximum absolute atomic E-state index is 13.4. The standard InChI is InChI=1S/C31H31NO7/c1-5-38-31(36)21-9-13-23(14-10-21)32-27(22-7-6-8-25(17-22)37-4)26(29(34)30(32)35)28(33)20-11-15-24(16-12-20)39-18-19(2)3/h6-17,19,27,33H,5,18H2,1-4H3/b28-26+. The number of ketones is 1. The molecule has 202 valence electrons. The Balaban J connectivity index is 1.80. The summed E-state index contributed by atoms with van der Waals surface area (Å²) in [6.45, 7) is 6.58. The van der Waals surface area contributed by atoms with Crippen LogP contribution < -0.4 is 14.4 Å². The SMILES string of the molecule is CCOC(=O)c1ccc(N2C(=O)C(=O)/C(=C(/O)c3ccc(OCC(C)C)cc3)C2c2cccc(OC)c2)cc1. The first kappa shape index (κ1) is 27.4. The van der Waals surface area contributed by atoms with Crippen molar-refractivity contribution in [2.75, 3.05) is 25.2 Å². The number of ether oxygens (including phenoxy) is 3. The van der Waals surface area contributed by atoms with Gasteiger partial charge in [-0.25, -0.2) is 4.79 Å². The molecule has 1 unspecified atom stereocenters. The van der Waals surface area contributed by atoms with Crippen LogP contribution >= 0.6 is 0 Å². The molecule has 4 rings (SSSR count). The van der Waals surface area contributed by atoms with Crippen LogP contribution in [0.5, 0.6) is 11.5 Å². The molecule has 1 amide bonds. The molecule has 0 saturated carbocycles. The van der Waals surface area contributed by atoms with Crippen molar-refractivity contribution in [1.82, 2.24) is 0 Å². The third-order valence-electron chi connectivity index (χ3n) is 6.22. The second kappa shape index (κ2) is 11.9. The van der Waals surface area contributed by atoms with Gasteiger partial charge in [-0.2, -0.15) is 0 Å². The number of hydrogen-bond donors (Lipinski definition) is 1. The Morgan fingerprint density at radius 1 is 0.949 bits per heavy atom. The van der Waals surface area contributed by atoms with Gasteiger partial charge in [0.15, 0.2) is 0 Å². The molecule has 0 spiro atoms. The summed E-state index contributed by atoms with van der Waals surface area (Å²) in [4.78, 5) is 40.3. The van der Waals surface area contributed by atoms with Gasteiger partial charge in [0.25, 0.3) is 11.7 Å². The predicted octanol–water partition coefficient (Wildman–Crippen LogP) is 5.53. The highest BCUT2D eigenvalue weighted by molar-refractivity contribution is 6.51. The Labute approximate surface area is 227 Å². The molecule has 1 N–H and O–H groups in total. The Bertz CT molecular complexity index is 1390. The van der Waals surface area contributed by atoms with Gasteiger partial charge in [-0.15, -0.1) is 0 Å². The second-order valence-corrected chi connectivity index (χ2v) is 9.44. The van der Waals surface area contributed by atoms with Crippen LogP contribution in [0.1, 0.15) is 48.3 Å². The number of methoxy groups -OCH3 is 1. The lowest BCUT2D eigenvalue weighted by Gasteiger charge is -2.26. The smallest absolute Gasteiger partial charge is 0.338 e. The topological polar surface area (TPSA) is 102 Å². The zero-order valence-corrected chi connectivity index (χ0v) is 22.3. The third-order valence-corrected chi connectivity index (χ3v) is 6.22. The lowest BCUT2D eigenvalue weighted by molar-refractivity contribution is -0.132. The molecule has 1 saturated heterocycles. The van der Waals surface area contributed by atoms with Crippen molar-refractivity contribution < 1.29 is 33.7 Å². The summed E-state index contributed by atoms with van der Waals surface area (Å²) in [5, 5.41) is 11.4. The molecule has 1 heterocycles. The van der Waals surface area contributed by atoms with Gasteiger partial charge in [-0.3, -0.25) is 14.5 Å². The molecule has 1 aliphatic rings. The lowest BCUT2D eigenvalue weighted by atomic mass is 9.95. The van der Waals surface area contributed by atoms with Crippen LogP contribution in [0.25, 0.3) is 5.76 Å². The van der Waals surface area contributed by atoms with E-state index in [1.54, 1.807) is 67.6 Å². The Kier molecular flexibility index (Phi) is 8.34. The quantitative estimate of drug-likeness (QED) is 0.168. The van der Waals surface area contributed by atoms with Crippen LogP contribution in [0.3, 0.4) is 0 Å². The van der Waals surface area contributed by atoms with E-state index in [4.69, 9.17) is 14.2 Å². The molecule has 1 fully saturated rings. The monoisotopic (exact) mass is 529 g/mol. The molecule has 0 radical (unpaired) electrons. The first-order chi connectivity index (χ1) is 18.7. The van der Waals surface area contributed by atoms with E-state index in [1.165, 1.54) is 24.1 Å². The maximum atomic E-state index is 13.4. The van der Waals surface area contributed by atoms with Crippen LogP contribution in [-0.4, -0.2) is 43.1 Å². The van der Waals surface area contributed by atoms with Gasteiger partial charge in [0.2, 0.25) is 0 Å². The normalized spacial score (nSPS) is 16.4. The summed E-state index contributed by atoms with van der Waals surface area (Å²) in [6.07, 6.45) is 0. The number of anilines is 1. The van der Waals surface area contributed by atoms with Gasteiger partial charge in [0.1, 0.15) is 17.3 Å². The minimum absolute atomic E-state index is 0.0569. The van der Waals surface area contributed by atoms with Gasteiger partial charge < -0.3 is 19.3 Å². The molecule has 0 aromatic heterocycles. The summed E-state index contributed by atoms with van der Waals surface area (Å²) in [6, 6.07) is 19.0. The molecule has 1 aliphatic heterocycles. The fourth-order valence-electron chi connectivity index (χ4n) is 4.33. The molecule has 8 heteroatoms. The number of rotatable bonds is 9. The fourth-order valence-corrected chi connectivity index (χ4v) is 4.33. The molecule has 8 nitrogen and oxygen atoms in total. The molecular formula is C31H31NO7. The van der Waals surface area contributed by atoms with E-state index in [2.05, 4.69) is 0 Å². The molecule has 3 aromatic rings. The van der Waals surface area contributed by atoms with E-state index < -0.39 is 23.7 Å². The molecule has 39 heavy (non-hydrogen) atoms. The Morgan fingerprint density at radius 2 is 1.62 bits per heavy atom. The fraction of sp³-hybridized carbons (Fsp3) is 0.258. The van der Waals surface area contributed by atoms with Crippen LogP contribution in [0, 0.1) is 5.92 Å². The zero-order chi connectivity index (χ0) is 28.1. The number of esters is 1. The average molecular weight is 530 g/mol. The van der Waals surface area contributed by atoms with E-state index in [0.29, 0.717) is 46.4 Å². The predicted molar refractivity (Wildman–Crippen MR) is 147 cm³/mol. The number of nitrogens with zero attached hydrogens (tertiary/aromatic N) is 1. The minimum Gasteiger partial charge on any atom is -0.507 e. The van der Waals surface area contributed by atoms with E-state index in [-0.39, 0.29) is 17.9 Å². The first-order valence-corrected chi connectivity index (χ1v) is 12.7. The number of carbonyl (C=O) groups is 3. The third kappa shape index (κ3) is 5.80. The number of aliphatic hydroxyl groups excluding tert-OH is 1. The minimum atomic E-state index is -0.939. The van der Waals surface area contributed by atoms with Gasteiger partial charge in [0, 0.05) is 11.3 Å². The second-order valence-electron chi connectivity index (χ2n) is 9.44. The molecule has 1 atom stereocenters. The highest BCUT2D eigenvalue weighted by atomic mass is 16.5. The van der Waals surface area contributed by atoms with Crippen molar-refractivity contribution in [3.63, 3.8) is 0 Å². The summed E-state index contributed by atoms with van der Waals surface area (Å²) < 4.78 is 16.1. The summed E-state index contributed by atoms with van der Waals surface area (Å²) >= 11 is 0. The van der Waals surface area contributed by atoms with E-state index >= 15 is 0 Å². The molecule has 0 aliphatic carbocycles. The molecule has 3 aromatic carbocycles. The summed E-state index contributed by atoms with van der Waals surface area (Å²) in [5.74, 6) is -0.907. The van der Waals surface area contributed by atoms with E-state index in [9.17, 15) is 19.5 Å². The van der Waals surface area contributed by atoms with Crippen molar-refractivity contribution in [2.24, 2.45) is 5.92 Å². The largest absolute Gasteiger partial charge is 0.507 e. The van der Waals surface area contributed by atoms with Gasteiger partial charge in [-0.1, -0.05) is 26.0 Å². The lowest BCUT2D eigenvalue weighted by Crippen LogP contribution is -2.29. The van der Waals surface area contributed by atoms with Gasteiger partial charge in [-0.05, 0) is 79.1 Å². The number of aliphatic hydroxyl groups is 1. The number of hydrogen-bond acceptors (Lipinski definition) is 7. The highest BCUT2D eigenvalue weighted by Crippen LogP contribution is 2.43. The number of carbonyl (C=O) groups excluding carboxylic acids is 3. The van der Waals surface area contributed by atoms with Crippen molar-refractivity contribution >= 4 is 29.1 Å². The molecular weight excluding hydrogens is 498 g/mol. The van der Waals surface area contributed by atoms with E-state index in [1.807, 2.05) is 13.8 Å². The van der Waals surface area contributed by atoms with Crippen LogP contribution in [0.4, 0.5) is 5.69 Å². The van der Waals surface area contributed by atoms with Gasteiger partial charge in [0.05, 0.1) is 37.5 Å². The summed E-state index contributed by atoms with van der Waals surface area (Å²) in [7, 11) is 1.52. The number of benzene rings is 3. The van der Waals surface area contributed by atoms with Crippen LogP contribution in [0.2, 0.25) is 0 Å². The van der Waals surface area contributed by atoms with Crippen molar-refractivity contribution in [2.45, 2.75) is 26.8 Å². The average Bonchev–Trinajstić information content (AvgIpc) is 3.22. The Hall–Kier alpha value is -4.59. The Morgan fingerprint density at radius 3 is 2.23 bits per heavy atom. The van der Waals surface area contributed by atoms with Crippen molar-refractivity contribution in [3.8, 4) is 11.5 Å². The molecule has 0 bridgehead atoms. The maximum Gasteiger partial charge on any atom is 0.338 e. The number of Topliss-reactive ketones (excluding diaryl/α,β-unsaturated/α-hetero) is 1. The van der Waals surface area contributed by atoms with Gasteiger partial charge >= 0.3 is 5.97 Å². The number of amides is 1. The van der Waals surface area contributed by atoms with Crippen LogP contribution in [-0.2, 0) is 14.3 Å². The van der Waals surface area contributed by atoms with Crippen molar-refractivity contribution in [3.05, 3.63) is 95.1 Å². The first-order valence-electron chi connectivity index (χ1n) is 12.7. The van der Waals surface area contributed by atoms with Crippen LogP contribution in [0.15, 0.2) is 78.4 Å².